The van der Waals surface area contributed by atoms with E-state index in [1.807, 2.05) is 17.0 Å². The van der Waals surface area contributed by atoms with Gasteiger partial charge in [0.15, 0.2) is 5.82 Å². The lowest BCUT2D eigenvalue weighted by Gasteiger charge is -2.33. The lowest BCUT2D eigenvalue weighted by Crippen LogP contribution is -2.39. The minimum Gasteiger partial charge on any atom is -0.486 e. The number of likely N-dealkylation sites (tertiary alicyclic amines) is 1. The third kappa shape index (κ3) is 4.88. The highest BCUT2D eigenvalue weighted by Gasteiger charge is 2.28. The van der Waals surface area contributed by atoms with Gasteiger partial charge in [-0.25, -0.2) is 13.8 Å². The monoisotopic (exact) mass is 520 g/mol. The van der Waals surface area contributed by atoms with Crippen LogP contribution in [-0.2, 0) is 17.9 Å². The molecular weight excluding hydrogens is 490 g/mol. The number of ether oxygens (including phenoxy) is 1. The molecule has 1 fully saturated rings. The second-order valence-electron chi connectivity index (χ2n) is 10.4. The summed E-state index contributed by atoms with van der Waals surface area (Å²) in [4.78, 5) is 24.3. The highest BCUT2D eigenvalue weighted by molar-refractivity contribution is 5.92. The summed E-state index contributed by atoms with van der Waals surface area (Å²) in [5, 5.41) is 8.39. The van der Waals surface area contributed by atoms with Gasteiger partial charge in [-0.05, 0) is 61.6 Å². The maximum absolute atomic E-state index is 13.7. The summed E-state index contributed by atoms with van der Waals surface area (Å²) in [5.74, 6) is 0.759. The highest BCUT2D eigenvalue weighted by Crippen LogP contribution is 2.33. The Morgan fingerprint density at radius 3 is 2.61 bits per heavy atom. The van der Waals surface area contributed by atoms with Gasteiger partial charge in [0.2, 0.25) is 5.91 Å². The number of aromatic nitrogens is 4. The van der Waals surface area contributed by atoms with Crippen molar-refractivity contribution in [2.24, 2.45) is 5.92 Å². The molecule has 0 aliphatic carbocycles. The SMILES string of the molecule is CC(=O)N1CCC(CN2Cc3nc(-c4n[nH]c5ccc(OC(C)c6cc(F)cc(F)c6)cc45)[nH]c3C2)CC1. The summed E-state index contributed by atoms with van der Waals surface area (Å²) in [6, 6.07) is 8.94. The van der Waals surface area contributed by atoms with E-state index < -0.39 is 17.7 Å². The Morgan fingerprint density at radius 1 is 1.13 bits per heavy atom. The first-order valence-corrected chi connectivity index (χ1v) is 13.0. The number of hydrogen-bond donors (Lipinski definition) is 2. The number of aromatic amines is 2. The molecule has 1 unspecified atom stereocenters. The molecule has 4 heterocycles. The van der Waals surface area contributed by atoms with Crippen LogP contribution in [0.2, 0.25) is 0 Å². The topological polar surface area (TPSA) is 90.1 Å². The fourth-order valence-corrected chi connectivity index (χ4v) is 5.56. The molecule has 6 rings (SSSR count). The average Bonchev–Trinajstić information content (AvgIpc) is 3.56. The molecule has 10 heteroatoms. The van der Waals surface area contributed by atoms with Gasteiger partial charge in [-0.2, -0.15) is 5.10 Å². The number of hydrogen-bond acceptors (Lipinski definition) is 5. The molecule has 2 N–H and O–H groups in total. The lowest BCUT2D eigenvalue weighted by atomic mass is 9.96. The standard InChI is InChI=1S/C28H30F2N6O2/c1-16(19-9-20(29)11-21(30)10-19)38-22-3-4-24-23(12-22)27(34-33-24)28-31-25-14-35(15-26(25)32-28)13-18-5-7-36(8-6-18)17(2)37/h3-4,9-12,16,18H,5-8,13-15H2,1-2H3,(H,31,32)(H,33,34). The second kappa shape index (κ2) is 9.83. The first-order chi connectivity index (χ1) is 18.3. The van der Waals surface area contributed by atoms with Crippen LogP contribution in [0.5, 0.6) is 5.75 Å². The van der Waals surface area contributed by atoms with Crippen LogP contribution < -0.4 is 4.74 Å². The molecule has 2 aromatic carbocycles. The number of rotatable bonds is 6. The highest BCUT2D eigenvalue weighted by atomic mass is 19.1. The zero-order valence-electron chi connectivity index (χ0n) is 21.4. The van der Waals surface area contributed by atoms with E-state index in [1.165, 1.54) is 12.1 Å². The Morgan fingerprint density at radius 2 is 1.89 bits per heavy atom. The van der Waals surface area contributed by atoms with Crippen LogP contribution in [0.25, 0.3) is 22.4 Å². The van der Waals surface area contributed by atoms with Gasteiger partial charge in [-0.3, -0.25) is 14.8 Å². The van der Waals surface area contributed by atoms with Gasteiger partial charge in [-0.15, -0.1) is 0 Å². The Kier molecular flexibility index (Phi) is 6.35. The molecule has 198 valence electrons. The third-order valence-electron chi connectivity index (χ3n) is 7.62. The Bertz CT molecular complexity index is 1450. The third-order valence-corrected chi connectivity index (χ3v) is 7.62. The normalized spacial score (nSPS) is 17.2. The number of halogens is 2. The fourth-order valence-electron chi connectivity index (χ4n) is 5.56. The van der Waals surface area contributed by atoms with Crippen molar-refractivity contribution in [2.75, 3.05) is 19.6 Å². The summed E-state index contributed by atoms with van der Waals surface area (Å²) < 4.78 is 33.3. The quantitative estimate of drug-likeness (QED) is 0.376. The van der Waals surface area contributed by atoms with Gasteiger partial charge in [-0.1, -0.05) is 0 Å². The fraction of sp³-hybridized carbons (Fsp3) is 0.393. The molecule has 2 aliphatic rings. The molecule has 4 aromatic rings. The molecule has 0 spiro atoms. The zero-order valence-corrected chi connectivity index (χ0v) is 21.4. The number of carbonyl (C=O) groups excluding carboxylic acids is 1. The summed E-state index contributed by atoms with van der Waals surface area (Å²) in [6.45, 7) is 7.69. The minimum absolute atomic E-state index is 0.164. The molecule has 1 amide bonds. The van der Waals surface area contributed by atoms with Crippen molar-refractivity contribution < 1.29 is 18.3 Å². The van der Waals surface area contributed by atoms with Crippen LogP contribution in [0.4, 0.5) is 8.78 Å². The van der Waals surface area contributed by atoms with Crippen LogP contribution in [0, 0.1) is 17.6 Å². The molecule has 2 aliphatic heterocycles. The van der Waals surface area contributed by atoms with Crippen molar-refractivity contribution in [1.82, 2.24) is 30.0 Å². The van der Waals surface area contributed by atoms with E-state index in [1.54, 1.807) is 19.9 Å². The second-order valence-corrected chi connectivity index (χ2v) is 10.4. The molecule has 0 saturated carbocycles. The maximum Gasteiger partial charge on any atom is 0.219 e. The lowest BCUT2D eigenvalue weighted by molar-refractivity contribution is -0.130. The number of benzene rings is 2. The predicted molar refractivity (Wildman–Crippen MR) is 138 cm³/mol. The largest absolute Gasteiger partial charge is 0.486 e. The minimum atomic E-state index is -0.633. The van der Waals surface area contributed by atoms with Crippen molar-refractivity contribution in [3.05, 3.63) is 65.0 Å². The van der Waals surface area contributed by atoms with E-state index in [4.69, 9.17) is 9.72 Å². The van der Waals surface area contributed by atoms with Crippen LogP contribution in [0.15, 0.2) is 36.4 Å². The van der Waals surface area contributed by atoms with Crippen LogP contribution in [0.1, 0.15) is 49.7 Å². The molecule has 0 bridgehead atoms. The maximum atomic E-state index is 13.7. The number of imidazole rings is 1. The van der Waals surface area contributed by atoms with Crippen molar-refractivity contribution in [3.8, 4) is 17.3 Å². The summed E-state index contributed by atoms with van der Waals surface area (Å²) in [7, 11) is 0. The van der Waals surface area contributed by atoms with E-state index in [-0.39, 0.29) is 5.91 Å². The smallest absolute Gasteiger partial charge is 0.219 e. The van der Waals surface area contributed by atoms with Crippen LogP contribution >= 0.6 is 0 Å². The molecule has 0 radical (unpaired) electrons. The number of fused-ring (bicyclic) bond motifs is 2. The molecule has 38 heavy (non-hydrogen) atoms. The van der Waals surface area contributed by atoms with E-state index >= 15 is 0 Å². The summed E-state index contributed by atoms with van der Waals surface area (Å²) in [6.07, 6.45) is 1.54. The van der Waals surface area contributed by atoms with Crippen molar-refractivity contribution in [3.63, 3.8) is 0 Å². The molecule has 1 atom stereocenters. The Labute approximate surface area is 219 Å². The number of carbonyl (C=O) groups is 1. The number of amides is 1. The molecular formula is C28H30F2N6O2. The zero-order chi connectivity index (χ0) is 26.4. The van der Waals surface area contributed by atoms with E-state index in [2.05, 4.69) is 20.1 Å². The van der Waals surface area contributed by atoms with Crippen LogP contribution in [0.3, 0.4) is 0 Å². The number of nitrogens with zero attached hydrogens (tertiary/aromatic N) is 4. The van der Waals surface area contributed by atoms with Gasteiger partial charge >= 0.3 is 0 Å². The first-order valence-electron chi connectivity index (χ1n) is 13.0. The number of nitrogens with one attached hydrogen (secondary N) is 2. The summed E-state index contributed by atoms with van der Waals surface area (Å²) in [5.41, 5.74) is 4.10. The van der Waals surface area contributed by atoms with Gasteiger partial charge in [0.1, 0.15) is 29.2 Å². The first kappa shape index (κ1) is 24.5. The van der Waals surface area contributed by atoms with Gasteiger partial charge in [0, 0.05) is 51.1 Å². The van der Waals surface area contributed by atoms with Crippen LogP contribution in [-0.4, -0.2) is 55.5 Å². The van der Waals surface area contributed by atoms with Crippen molar-refractivity contribution >= 4 is 16.8 Å². The van der Waals surface area contributed by atoms with Gasteiger partial charge in [0.05, 0.1) is 16.9 Å². The summed E-state index contributed by atoms with van der Waals surface area (Å²) >= 11 is 0. The van der Waals surface area contributed by atoms with E-state index in [0.717, 1.165) is 73.9 Å². The Hall–Kier alpha value is -3.79. The Balaban J connectivity index is 1.14. The number of H-pyrrole nitrogens is 2. The van der Waals surface area contributed by atoms with Crippen molar-refractivity contribution in [2.45, 2.75) is 45.9 Å². The average molecular weight is 521 g/mol. The number of piperidine rings is 1. The van der Waals surface area contributed by atoms with E-state index in [9.17, 15) is 13.6 Å². The van der Waals surface area contributed by atoms with Crippen molar-refractivity contribution in [1.29, 1.82) is 0 Å². The van der Waals surface area contributed by atoms with E-state index in [0.29, 0.717) is 28.7 Å². The molecule has 2 aromatic heterocycles. The predicted octanol–water partition coefficient (Wildman–Crippen LogP) is 4.95. The van der Waals surface area contributed by atoms with Gasteiger partial charge in [0.25, 0.3) is 0 Å². The molecule has 1 saturated heterocycles. The van der Waals surface area contributed by atoms with Gasteiger partial charge < -0.3 is 14.6 Å². The molecule has 8 nitrogen and oxygen atoms in total.